The van der Waals surface area contributed by atoms with Crippen molar-refractivity contribution < 1.29 is 9.53 Å². The number of carbonyl (C=O) groups is 1. The van der Waals surface area contributed by atoms with Crippen LogP contribution in [-0.4, -0.2) is 39.1 Å². The smallest absolute Gasteiger partial charge is 0.251 e. The van der Waals surface area contributed by atoms with E-state index in [1.807, 2.05) is 0 Å². The molecule has 0 radical (unpaired) electrons. The van der Waals surface area contributed by atoms with Crippen molar-refractivity contribution in [3.8, 4) is 5.75 Å². The SMILES string of the molecule is CN=C(NCCNC(=O)c1ccc(OC)cc1)NCc1ccc(C)s1. The van der Waals surface area contributed by atoms with Gasteiger partial charge < -0.3 is 20.7 Å². The minimum Gasteiger partial charge on any atom is -0.497 e. The third-order valence-corrected chi connectivity index (χ3v) is 4.51. The van der Waals surface area contributed by atoms with Gasteiger partial charge in [-0.05, 0) is 43.3 Å². The molecule has 2 aromatic rings. The highest BCUT2D eigenvalue weighted by atomic mass is 32.1. The molecule has 7 heteroatoms. The molecule has 0 spiro atoms. The second-order valence-electron chi connectivity index (χ2n) is 5.35. The van der Waals surface area contributed by atoms with Crippen molar-refractivity contribution in [1.82, 2.24) is 16.0 Å². The lowest BCUT2D eigenvalue weighted by Crippen LogP contribution is -2.41. The van der Waals surface area contributed by atoms with E-state index in [1.54, 1.807) is 49.8 Å². The number of guanidine groups is 1. The predicted octanol–water partition coefficient (Wildman–Crippen LogP) is 2.16. The van der Waals surface area contributed by atoms with E-state index >= 15 is 0 Å². The summed E-state index contributed by atoms with van der Waals surface area (Å²) in [6.45, 7) is 3.91. The quantitative estimate of drug-likeness (QED) is 0.402. The number of hydrogen-bond acceptors (Lipinski definition) is 4. The van der Waals surface area contributed by atoms with E-state index in [9.17, 15) is 4.79 Å². The van der Waals surface area contributed by atoms with Crippen LogP contribution in [0.2, 0.25) is 0 Å². The molecule has 0 saturated heterocycles. The number of rotatable bonds is 7. The van der Waals surface area contributed by atoms with Crippen molar-refractivity contribution in [2.45, 2.75) is 13.5 Å². The Kier molecular flexibility index (Phi) is 7.28. The number of nitrogens with zero attached hydrogens (tertiary/aromatic N) is 1. The van der Waals surface area contributed by atoms with Gasteiger partial charge in [-0.1, -0.05) is 0 Å². The summed E-state index contributed by atoms with van der Waals surface area (Å²) in [6.07, 6.45) is 0. The van der Waals surface area contributed by atoms with Crippen LogP contribution in [0.1, 0.15) is 20.1 Å². The van der Waals surface area contributed by atoms with Crippen molar-refractivity contribution >= 4 is 23.2 Å². The van der Waals surface area contributed by atoms with E-state index in [1.165, 1.54) is 9.75 Å². The van der Waals surface area contributed by atoms with Gasteiger partial charge in [0.1, 0.15) is 5.75 Å². The summed E-state index contributed by atoms with van der Waals surface area (Å²) >= 11 is 1.76. The first kappa shape index (κ1) is 18.8. The molecule has 6 nitrogen and oxygen atoms in total. The van der Waals surface area contributed by atoms with Gasteiger partial charge in [0.05, 0.1) is 13.7 Å². The number of methoxy groups -OCH3 is 1. The number of amides is 1. The Balaban J connectivity index is 1.68. The molecule has 134 valence electrons. The van der Waals surface area contributed by atoms with E-state index in [-0.39, 0.29) is 5.91 Å². The summed E-state index contributed by atoms with van der Waals surface area (Å²) in [4.78, 5) is 18.8. The first-order valence-corrected chi connectivity index (χ1v) is 8.86. The molecule has 0 bridgehead atoms. The molecule has 0 aliphatic heterocycles. The number of hydrogen-bond donors (Lipinski definition) is 3. The van der Waals surface area contributed by atoms with Crippen molar-refractivity contribution in [2.24, 2.45) is 4.99 Å². The Morgan fingerprint density at radius 2 is 1.80 bits per heavy atom. The van der Waals surface area contributed by atoms with Gasteiger partial charge in [-0.3, -0.25) is 9.79 Å². The van der Waals surface area contributed by atoms with Crippen molar-refractivity contribution in [3.05, 3.63) is 51.7 Å². The summed E-state index contributed by atoms with van der Waals surface area (Å²) in [5.41, 5.74) is 0.608. The Hall–Kier alpha value is -2.54. The number of nitrogens with one attached hydrogen (secondary N) is 3. The highest BCUT2D eigenvalue weighted by Crippen LogP contribution is 2.14. The van der Waals surface area contributed by atoms with Crippen LogP contribution in [0.3, 0.4) is 0 Å². The Labute approximate surface area is 152 Å². The minimum absolute atomic E-state index is 0.110. The third-order valence-electron chi connectivity index (χ3n) is 3.50. The first-order valence-electron chi connectivity index (χ1n) is 8.04. The Morgan fingerprint density at radius 3 is 2.40 bits per heavy atom. The molecule has 0 aliphatic carbocycles. The maximum Gasteiger partial charge on any atom is 0.251 e. The van der Waals surface area contributed by atoms with Crippen LogP contribution in [0.25, 0.3) is 0 Å². The lowest BCUT2D eigenvalue weighted by Gasteiger charge is -2.12. The highest BCUT2D eigenvalue weighted by molar-refractivity contribution is 7.11. The van der Waals surface area contributed by atoms with Gasteiger partial charge in [0.2, 0.25) is 0 Å². The number of aryl methyl sites for hydroxylation is 1. The first-order chi connectivity index (χ1) is 12.1. The zero-order chi connectivity index (χ0) is 18.1. The van der Waals surface area contributed by atoms with E-state index in [0.29, 0.717) is 24.6 Å². The lowest BCUT2D eigenvalue weighted by atomic mass is 10.2. The van der Waals surface area contributed by atoms with Gasteiger partial charge >= 0.3 is 0 Å². The number of carbonyl (C=O) groups excluding carboxylic acids is 1. The van der Waals surface area contributed by atoms with Crippen molar-refractivity contribution in [3.63, 3.8) is 0 Å². The second kappa shape index (κ2) is 9.68. The topological polar surface area (TPSA) is 74.8 Å². The maximum absolute atomic E-state index is 12.0. The number of benzene rings is 1. The molecule has 1 aromatic heterocycles. The molecule has 25 heavy (non-hydrogen) atoms. The van der Waals surface area contributed by atoms with Crippen LogP contribution >= 0.6 is 11.3 Å². The molecular weight excluding hydrogens is 336 g/mol. The molecule has 0 unspecified atom stereocenters. The van der Waals surface area contributed by atoms with Gasteiger partial charge in [0.25, 0.3) is 5.91 Å². The zero-order valence-electron chi connectivity index (χ0n) is 14.8. The number of thiophene rings is 1. The number of aliphatic imine (C=N–C) groups is 1. The maximum atomic E-state index is 12.0. The van der Waals surface area contributed by atoms with Gasteiger partial charge in [0.15, 0.2) is 5.96 Å². The van der Waals surface area contributed by atoms with Crippen LogP contribution in [0.4, 0.5) is 0 Å². The Morgan fingerprint density at radius 1 is 1.08 bits per heavy atom. The monoisotopic (exact) mass is 360 g/mol. The van der Waals surface area contributed by atoms with Crippen molar-refractivity contribution in [2.75, 3.05) is 27.2 Å². The van der Waals surface area contributed by atoms with Crippen LogP contribution in [0.15, 0.2) is 41.4 Å². The molecule has 0 fully saturated rings. The van der Waals surface area contributed by atoms with Crippen LogP contribution < -0.4 is 20.7 Å². The summed E-state index contributed by atoms with van der Waals surface area (Å²) in [7, 11) is 3.33. The van der Waals surface area contributed by atoms with Gasteiger partial charge in [0, 0.05) is 35.5 Å². The fourth-order valence-electron chi connectivity index (χ4n) is 2.17. The fraction of sp³-hybridized carbons (Fsp3) is 0.333. The fourth-order valence-corrected chi connectivity index (χ4v) is 3.00. The highest BCUT2D eigenvalue weighted by Gasteiger charge is 2.05. The molecule has 3 N–H and O–H groups in total. The van der Waals surface area contributed by atoms with Gasteiger partial charge in [-0.2, -0.15) is 0 Å². The predicted molar refractivity (Wildman–Crippen MR) is 103 cm³/mol. The van der Waals surface area contributed by atoms with Gasteiger partial charge in [-0.15, -0.1) is 11.3 Å². The normalized spacial score (nSPS) is 11.1. The minimum atomic E-state index is -0.110. The molecule has 2 rings (SSSR count). The molecule has 0 saturated carbocycles. The largest absolute Gasteiger partial charge is 0.497 e. The summed E-state index contributed by atoms with van der Waals surface area (Å²) in [5, 5.41) is 9.30. The van der Waals surface area contributed by atoms with E-state index < -0.39 is 0 Å². The average molecular weight is 360 g/mol. The van der Waals surface area contributed by atoms with E-state index in [0.717, 1.165) is 12.3 Å². The van der Waals surface area contributed by atoms with Crippen molar-refractivity contribution in [1.29, 1.82) is 0 Å². The third kappa shape index (κ3) is 6.11. The molecule has 1 heterocycles. The number of ether oxygens (including phenoxy) is 1. The second-order valence-corrected chi connectivity index (χ2v) is 6.72. The molecule has 1 amide bonds. The summed E-state index contributed by atoms with van der Waals surface area (Å²) in [6, 6.07) is 11.2. The van der Waals surface area contributed by atoms with E-state index in [4.69, 9.17) is 4.74 Å². The molecular formula is C18H24N4O2S. The van der Waals surface area contributed by atoms with Crippen LogP contribution in [-0.2, 0) is 6.54 Å². The van der Waals surface area contributed by atoms with Crippen LogP contribution in [0, 0.1) is 6.92 Å². The standard InChI is InChI=1S/C18H24N4O2S/c1-13-4-9-16(25-13)12-22-18(19-2)21-11-10-20-17(23)14-5-7-15(24-3)8-6-14/h4-9H,10-12H2,1-3H3,(H,20,23)(H2,19,21,22). The zero-order valence-corrected chi connectivity index (χ0v) is 15.6. The molecule has 0 aliphatic rings. The Bertz CT molecular complexity index is 710. The molecule has 1 aromatic carbocycles. The summed E-state index contributed by atoms with van der Waals surface area (Å²) in [5.74, 6) is 1.33. The van der Waals surface area contributed by atoms with E-state index in [2.05, 4.69) is 40.0 Å². The summed E-state index contributed by atoms with van der Waals surface area (Å²) < 4.78 is 5.08. The average Bonchev–Trinajstić information content (AvgIpc) is 3.06. The lowest BCUT2D eigenvalue weighted by molar-refractivity contribution is 0.0954. The van der Waals surface area contributed by atoms with Gasteiger partial charge in [-0.25, -0.2) is 0 Å². The van der Waals surface area contributed by atoms with Crippen LogP contribution in [0.5, 0.6) is 5.75 Å². The molecule has 0 atom stereocenters.